The molecule has 0 aliphatic heterocycles. The molecular weight excluding hydrogens is 332 g/mol. The van der Waals surface area contributed by atoms with Crippen LogP contribution in [0.1, 0.15) is 31.1 Å². The number of carbonyl (C=O) groups is 2. The van der Waals surface area contributed by atoms with Crippen LogP contribution in [-0.4, -0.2) is 30.7 Å². The average Bonchev–Trinajstić information content (AvgIpc) is 2.58. The maximum Gasteiger partial charge on any atom is 0.407 e. The molecule has 0 unspecified atom stereocenters. The van der Waals surface area contributed by atoms with Gasteiger partial charge in [-0.1, -0.05) is 18.2 Å². The van der Waals surface area contributed by atoms with Crippen LogP contribution in [0.2, 0.25) is 0 Å². The van der Waals surface area contributed by atoms with E-state index < -0.39 is 11.7 Å². The molecule has 138 valence electrons. The molecule has 0 spiro atoms. The predicted octanol–water partition coefficient (Wildman–Crippen LogP) is 3.73. The van der Waals surface area contributed by atoms with Gasteiger partial charge in [0.2, 0.25) is 0 Å². The lowest BCUT2D eigenvalue weighted by molar-refractivity contribution is 0.0526. The second kappa shape index (κ2) is 8.89. The fourth-order valence-corrected chi connectivity index (χ4v) is 2.06. The Morgan fingerprint density at radius 3 is 2.04 bits per heavy atom. The number of hydrogen-bond donors (Lipinski definition) is 2. The molecule has 0 aliphatic rings. The lowest BCUT2D eigenvalue weighted by atomic mass is 10.2. The van der Waals surface area contributed by atoms with Crippen molar-refractivity contribution in [1.29, 1.82) is 0 Å². The summed E-state index contributed by atoms with van der Waals surface area (Å²) < 4.78 is 10.8. The first-order valence-electron chi connectivity index (χ1n) is 8.41. The number of ether oxygens (including phenoxy) is 2. The van der Waals surface area contributed by atoms with Crippen molar-refractivity contribution in [3.8, 4) is 11.5 Å². The van der Waals surface area contributed by atoms with Crippen molar-refractivity contribution in [2.24, 2.45) is 0 Å². The van der Waals surface area contributed by atoms with E-state index in [4.69, 9.17) is 9.47 Å². The molecule has 0 atom stereocenters. The number of carbonyl (C=O) groups excluding carboxylic acids is 2. The molecule has 0 bridgehead atoms. The van der Waals surface area contributed by atoms with E-state index in [0.29, 0.717) is 17.9 Å². The van der Waals surface area contributed by atoms with Crippen molar-refractivity contribution in [3.05, 3.63) is 60.2 Å². The van der Waals surface area contributed by atoms with Gasteiger partial charge in [-0.3, -0.25) is 4.79 Å². The topological polar surface area (TPSA) is 76.7 Å². The Morgan fingerprint density at radius 2 is 1.42 bits per heavy atom. The monoisotopic (exact) mass is 356 g/mol. The van der Waals surface area contributed by atoms with Gasteiger partial charge >= 0.3 is 6.09 Å². The molecule has 2 aromatic carbocycles. The molecule has 0 aliphatic carbocycles. The third kappa shape index (κ3) is 6.84. The smallest absolute Gasteiger partial charge is 0.407 e. The SMILES string of the molecule is CC(C)(C)OC(=O)NCCNC(=O)c1ccc(Oc2ccccc2)cc1. The zero-order valence-corrected chi connectivity index (χ0v) is 15.2. The van der Waals surface area contributed by atoms with E-state index in [1.54, 1.807) is 45.0 Å². The number of hydrogen-bond acceptors (Lipinski definition) is 4. The molecule has 0 saturated carbocycles. The van der Waals surface area contributed by atoms with Gasteiger partial charge < -0.3 is 20.1 Å². The summed E-state index contributed by atoms with van der Waals surface area (Å²) in [7, 11) is 0. The second-order valence-electron chi connectivity index (χ2n) is 6.62. The number of benzene rings is 2. The maximum absolute atomic E-state index is 12.1. The van der Waals surface area contributed by atoms with E-state index in [1.165, 1.54) is 0 Å². The molecule has 2 aromatic rings. The van der Waals surface area contributed by atoms with Crippen molar-refractivity contribution in [2.75, 3.05) is 13.1 Å². The van der Waals surface area contributed by atoms with Gasteiger partial charge in [0, 0.05) is 18.7 Å². The molecule has 0 fully saturated rings. The largest absolute Gasteiger partial charge is 0.457 e. The second-order valence-corrected chi connectivity index (χ2v) is 6.62. The molecule has 26 heavy (non-hydrogen) atoms. The lowest BCUT2D eigenvalue weighted by Gasteiger charge is -2.19. The first kappa shape index (κ1) is 19.3. The van der Waals surface area contributed by atoms with Gasteiger partial charge in [-0.25, -0.2) is 4.79 Å². The van der Waals surface area contributed by atoms with Crippen LogP contribution < -0.4 is 15.4 Å². The molecule has 6 heteroatoms. The molecular formula is C20H24N2O4. The Balaban J connectivity index is 1.75. The van der Waals surface area contributed by atoms with E-state index in [1.807, 2.05) is 30.3 Å². The van der Waals surface area contributed by atoms with Crippen LogP contribution in [0.15, 0.2) is 54.6 Å². The van der Waals surface area contributed by atoms with Crippen molar-refractivity contribution in [3.63, 3.8) is 0 Å². The first-order valence-corrected chi connectivity index (χ1v) is 8.41. The quantitative estimate of drug-likeness (QED) is 0.773. The maximum atomic E-state index is 12.1. The summed E-state index contributed by atoms with van der Waals surface area (Å²) in [6, 6.07) is 16.3. The van der Waals surface area contributed by atoms with Crippen LogP contribution in [0.3, 0.4) is 0 Å². The number of amides is 2. The molecule has 0 aromatic heterocycles. The Bertz CT molecular complexity index is 722. The highest BCUT2D eigenvalue weighted by Crippen LogP contribution is 2.21. The number of para-hydroxylation sites is 1. The van der Waals surface area contributed by atoms with Gasteiger partial charge in [-0.05, 0) is 57.2 Å². The average molecular weight is 356 g/mol. The Labute approximate surface area is 153 Å². The highest BCUT2D eigenvalue weighted by molar-refractivity contribution is 5.94. The highest BCUT2D eigenvalue weighted by Gasteiger charge is 2.15. The molecule has 0 saturated heterocycles. The molecule has 2 N–H and O–H groups in total. The van der Waals surface area contributed by atoms with Crippen molar-refractivity contribution < 1.29 is 19.1 Å². The Kier molecular flexibility index (Phi) is 6.60. The van der Waals surface area contributed by atoms with E-state index in [2.05, 4.69) is 10.6 Å². The minimum Gasteiger partial charge on any atom is -0.457 e. The van der Waals surface area contributed by atoms with E-state index >= 15 is 0 Å². The summed E-state index contributed by atoms with van der Waals surface area (Å²) >= 11 is 0. The van der Waals surface area contributed by atoms with Gasteiger partial charge in [0.25, 0.3) is 5.91 Å². The number of nitrogens with one attached hydrogen (secondary N) is 2. The normalized spacial score (nSPS) is 10.7. The first-order chi connectivity index (χ1) is 12.3. The van der Waals surface area contributed by atoms with Crippen LogP contribution in [0.25, 0.3) is 0 Å². The third-order valence-electron chi connectivity index (χ3n) is 3.17. The van der Waals surface area contributed by atoms with Crippen molar-refractivity contribution in [2.45, 2.75) is 26.4 Å². The predicted molar refractivity (Wildman–Crippen MR) is 99.5 cm³/mol. The van der Waals surface area contributed by atoms with Crippen molar-refractivity contribution in [1.82, 2.24) is 10.6 Å². The fourth-order valence-electron chi connectivity index (χ4n) is 2.06. The van der Waals surface area contributed by atoms with Crippen LogP contribution in [0, 0.1) is 0 Å². The van der Waals surface area contributed by atoms with Gasteiger partial charge in [-0.15, -0.1) is 0 Å². The van der Waals surface area contributed by atoms with Crippen LogP contribution >= 0.6 is 0 Å². The molecule has 2 amide bonds. The van der Waals surface area contributed by atoms with E-state index in [0.717, 1.165) is 5.75 Å². The Morgan fingerprint density at radius 1 is 0.846 bits per heavy atom. The molecule has 0 radical (unpaired) electrons. The summed E-state index contributed by atoms with van der Waals surface area (Å²) in [4.78, 5) is 23.6. The van der Waals surface area contributed by atoms with Crippen molar-refractivity contribution >= 4 is 12.0 Å². The van der Waals surface area contributed by atoms with Gasteiger partial charge in [0.05, 0.1) is 0 Å². The summed E-state index contributed by atoms with van der Waals surface area (Å²) in [5, 5.41) is 5.32. The Hall–Kier alpha value is -3.02. The standard InChI is InChI=1S/C20H24N2O4/c1-20(2,3)26-19(24)22-14-13-21-18(23)15-9-11-17(12-10-15)25-16-7-5-4-6-8-16/h4-12H,13-14H2,1-3H3,(H,21,23)(H,22,24). The van der Waals surface area contributed by atoms with E-state index in [9.17, 15) is 9.59 Å². The summed E-state index contributed by atoms with van der Waals surface area (Å²) in [5.41, 5.74) is -0.0284. The molecule has 2 rings (SSSR count). The summed E-state index contributed by atoms with van der Waals surface area (Å²) in [6.45, 7) is 5.97. The highest BCUT2D eigenvalue weighted by atomic mass is 16.6. The molecule has 0 heterocycles. The number of alkyl carbamates (subject to hydrolysis) is 1. The van der Waals surface area contributed by atoms with Gasteiger partial charge in [0.1, 0.15) is 17.1 Å². The minimum atomic E-state index is -0.545. The van der Waals surface area contributed by atoms with Crippen LogP contribution in [-0.2, 0) is 4.74 Å². The van der Waals surface area contributed by atoms with Crippen LogP contribution in [0.4, 0.5) is 4.79 Å². The fraction of sp³-hybridized carbons (Fsp3) is 0.300. The number of rotatable bonds is 6. The zero-order chi connectivity index (χ0) is 19.0. The third-order valence-corrected chi connectivity index (χ3v) is 3.17. The molecule has 6 nitrogen and oxygen atoms in total. The summed E-state index contributed by atoms with van der Waals surface area (Å²) in [6.07, 6.45) is -0.505. The van der Waals surface area contributed by atoms with E-state index in [-0.39, 0.29) is 12.5 Å². The zero-order valence-electron chi connectivity index (χ0n) is 15.2. The van der Waals surface area contributed by atoms with Gasteiger partial charge in [-0.2, -0.15) is 0 Å². The van der Waals surface area contributed by atoms with Gasteiger partial charge in [0.15, 0.2) is 0 Å². The lowest BCUT2D eigenvalue weighted by Crippen LogP contribution is -2.37. The minimum absolute atomic E-state index is 0.220. The van der Waals surface area contributed by atoms with Crippen LogP contribution in [0.5, 0.6) is 11.5 Å². The summed E-state index contributed by atoms with van der Waals surface area (Å²) in [5.74, 6) is 1.17.